The average molecular weight is 618 g/mol. The zero-order valence-corrected chi connectivity index (χ0v) is 26.2. The molecule has 0 aliphatic heterocycles. The van der Waals surface area contributed by atoms with Crippen molar-refractivity contribution in [3.05, 3.63) is 164 Å². The van der Waals surface area contributed by atoms with Crippen LogP contribution in [0.5, 0.6) is 0 Å². The SMILES string of the molecule is c1ccc(-c2ccc(N(c3cc4ccccc4c4ccccc34)c3cccc4c3oc3ccccc34)c3sc4ccccc4c23)cc1. The van der Waals surface area contributed by atoms with Gasteiger partial charge in [0.1, 0.15) is 5.58 Å². The number of para-hydroxylation sites is 2. The minimum atomic E-state index is 0.882. The van der Waals surface area contributed by atoms with Gasteiger partial charge in [0.25, 0.3) is 0 Å². The number of benzene rings is 8. The third-order valence-corrected chi connectivity index (χ3v) is 10.6. The Labute approximate surface area is 275 Å². The predicted octanol–water partition coefficient (Wildman–Crippen LogP) is 13.4. The van der Waals surface area contributed by atoms with Crippen molar-refractivity contribution in [3.63, 3.8) is 0 Å². The minimum absolute atomic E-state index is 0.882. The van der Waals surface area contributed by atoms with Crippen molar-refractivity contribution in [2.24, 2.45) is 0 Å². The molecular formula is C44H27NOS. The molecule has 0 bridgehead atoms. The summed E-state index contributed by atoms with van der Waals surface area (Å²) in [5.74, 6) is 0. The number of furan rings is 1. The second-order valence-corrected chi connectivity index (χ2v) is 13.1. The van der Waals surface area contributed by atoms with Crippen molar-refractivity contribution in [1.82, 2.24) is 0 Å². The van der Waals surface area contributed by atoms with Gasteiger partial charge in [-0.1, -0.05) is 133 Å². The summed E-state index contributed by atoms with van der Waals surface area (Å²) < 4.78 is 9.26. The smallest absolute Gasteiger partial charge is 0.159 e. The molecule has 0 aliphatic carbocycles. The molecule has 2 heterocycles. The number of anilines is 3. The third kappa shape index (κ3) is 3.97. The van der Waals surface area contributed by atoms with E-state index in [2.05, 4.69) is 163 Å². The lowest BCUT2D eigenvalue weighted by Gasteiger charge is -2.28. The molecule has 0 amide bonds. The van der Waals surface area contributed by atoms with Crippen LogP contribution in [0.15, 0.2) is 168 Å². The lowest BCUT2D eigenvalue weighted by molar-refractivity contribution is 0.669. The number of rotatable bonds is 4. The van der Waals surface area contributed by atoms with Crippen LogP contribution >= 0.6 is 11.3 Å². The van der Waals surface area contributed by atoms with Gasteiger partial charge in [0, 0.05) is 31.6 Å². The second kappa shape index (κ2) is 10.3. The first-order valence-electron chi connectivity index (χ1n) is 15.9. The van der Waals surface area contributed by atoms with Gasteiger partial charge in [-0.05, 0) is 57.6 Å². The maximum Gasteiger partial charge on any atom is 0.159 e. The summed E-state index contributed by atoms with van der Waals surface area (Å²) >= 11 is 1.86. The van der Waals surface area contributed by atoms with Gasteiger partial charge in [-0.3, -0.25) is 0 Å². The Kier molecular flexibility index (Phi) is 5.78. The highest BCUT2D eigenvalue weighted by Gasteiger charge is 2.25. The predicted molar refractivity (Wildman–Crippen MR) is 202 cm³/mol. The fourth-order valence-electron chi connectivity index (χ4n) is 7.37. The van der Waals surface area contributed by atoms with E-state index >= 15 is 0 Å². The molecule has 0 N–H and O–H groups in total. The van der Waals surface area contributed by atoms with Gasteiger partial charge in [-0.25, -0.2) is 0 Å². The van der Waals surface area contributed by atoms with Crippen LogP contribution in [0.3, 0.4) is 0 Å². The van der Waals surface area contributed by atoms with Crippen LogP contribution in [0.1, 0.15) is 0 Å². The van der Waals surface area contributed by atoms with Gasteiger partial charge in [-0.2, -0.15) is 0 Å². The highest BCUT2D eigenvalue weighted by molar-refractivity contribution is 7.26. The Bertz CT molecular complexity index is 2810. The van der Waals surface area contributed by atoms with Crippen molar-refractivity contribution in [2.75, 3.05) is 4.90 Å². The molecule has 10 aromatic rings. The number of hydrogen-bond donors (Lipinski definition) is 0. The molecule has 0 spiro atoms. The molecule has 0 fully saturated rings. The Morgan fingerprint density at radius 1 is 0.447 bits per heavy atom. The molecule has 0 unspecified atom stereocenters. The van der Waals surface area contributed by atoms with Crippen molar-refractivity contribution >= 4 is 92.1 Å². The highest BCUT2D eigenvalue weighted by atomic mass is 32.1. The van der Waals surface area contributed by atoms with Crippen LogP contribution in [0.25, 0.3) is 74.8 Å². The van der Waals surface area contributed by atoms with E-state index in [-0.39, 0.29) is 0 Å². The van der Waals surface area contributed by atoms with E-state index in [1.165, 1.54) is 52.8 Å². The van der Waals surface area contributed by atoms with Crippen LogP contribution in [-0.4, -0.2) is 0 Å². The summed E-state index contributed by atoms with van der Waals surface area (Å²) in [6.07, 6.45) is 0. The molecule has 47 heavy (non-hydrogen) atoms. The lowest BCUT2D eigenvalue weighted by atomic mass is 9.96. The zero-order chi connectivity index (χ0) is 30.9. The Hall–Kier alpha value is -5.90. The standard InChI is InChI=1S/C44H27NOS/c1-2-13-28(14-3-1)31-25-26-38(44-42(31)36-20-9-11-24-41(36)47-44)45(37-22-12-21-35-34-19-8-10-23-40(34)46-43(35)37)39-27-29-15-4-5-16-30(29)32-17-6-7-18-33(32)39/h1-27H. The van der Waals surface area contributed by atoms with E-state index in [0.717, 1.165) is 39.0 Å². The topological polar surface area (TPSA) is 16.4 Å². The third-order valence-electron chi connectivity index (χ3n) is 9.44. The Balaban J connectivity index is 1.38. The van der Waals surface area contributed by atoms with Crippen LogP contribution < -0.4 is 4.90 Å². The maximum absolute atomic E-state index is 6.73. The van der Waals surface area contributed by atoms with E-state index in [1.807, 2.05) is 17.4 Å². The summed E-state index contributed by atoms with van der Waals surface area (Å²) in [5, 5.41) is 9.67. The molecule has 8 aromatic carbocycles. The lowest BCUT2D eigenvalue weighted by Crippen LogP contribution is -2.11. The molecule has 0 aliphatic rings. The first-order chi connectivity index (χ1) is 23.3. The van der Waals surface area contributed by atoms with Gasteiger partial charge >= 0.3 is 0 Å². The van der Waals surface area contributed by atoms with Crippen LogP contribution in [0.2, 0.25) is 0 Å². The van der Waals surface area contributed by atoms with Crippen LogP contribution in [-0.2, 0) is 0 Å². The van der Waals surface area contributed by atoms with Gasteiger partial charge < -0.3 is 9.32 Å². The average Bonchev–Trinajstić information content (AvgIpc) is 3.72. The van der Waals surface area contributed by atoms with E-state index < -0.39 is 0 Å². The van der Waals surface area contributed by atoms with Gasteiger partial charge in [-0.15, -0.1) is 11.3 Å². The number of hydrogen-bond acceptors (Lipinski definition) is 3. The van der Waals surface area contributed by atoms with E-state index in [1.54, 1.807) is 0 Å². The molecule has 2 aromatic heterocycles. The first-order valence-corrected chi connectivity index (χ1v) is 16.8. The van der Waals surface area contributed by atoms with E-state index in [4.69, 9.17) is 4.42 Å². The van der Waals surface area contributed by atoms with Crippen molar-refractivity contribution in [1.29, 1.82) is 0 Å². The molecule has 0 saturated carbocycles. The Morgan fingerprint density at radius 2 is 1.13 bits per heavy atom. The largest absolute Gasteiger partial charge is 0.454 e. The van der Waals surface area contributed by atoms with Crippen LogP contribution in [0.4, 0.5) is 17.1 Å². The van der Waals surface area contributed by atoms with Crippen molar-refractivity contribution < 1.29 is 4.42 Å². The number of nitrogens with zero attached hydrogens (tertiary/aromatic N) is 1. The quantitative estimate of drug-likeness (QED) is 0.183. The summed E-state index contributed by atoms with van der Waals surface area (Å²) in [5.41, 5.74) is 7.51. The summed E-state index contributed by atoms with van der Waals surface area (Å²) in [7, 11) is 0. The zero-order valence-electron chi connectivity index (χ0n) is 25.4. The highest BCUT2D eigenvalue weighted by Crippen LogP contribution is 2.51. The fourth-order valence-corrected chi connectivity index (χ4v) is 8.60. The molecule has 2 nitrogen and oxygen atoms in total. The van der Waals surface area contributed by atoms with Gasteiger partial charge in [0.05, 0.1) is 21.8 Å². The van der Waals surface area contributed by atoms with E-state index in [9.17, 15) is 0 Å². The molecule has 220 valence electrons. The normalized spacial score (nSPS) is 11.8. The summed E-state index contributed by atoms with van der Waals surface area (Å²) in [6.45, 7) is 0. The fraction of sp³-hybridized carbons (Fsp3) is 0. The van der Waals surface area contributed by atoms with E-state index in [0.29, 0.717) is 0 Å². The number of thiophene rings is 1. The molecule has 10 rings (SSSR count). The monoisotopic (exact) mass is 617 g/mol. The second-order valence-electron chi connectivity index (χ2n) is 12.1. The molecule has 0 saturated heterocycles. The molecule has 3 heteroatoms. The van der Waals surface area contributed by atoms with Gasteiger partial charge in [0.2, 0.25) is 0 Å². The summed E-state index contributed by atoms with van der Waals surface area (Å²) in [6, 6.07) is 58.9. The Morgan fingerprint density at radius 3 is 2.00 bits per heavy atom. The summed E-state index contributed by atoms with van der Waals surface area (Å²) in [4.78, 5) is 2.45. The van der Waals surface area contributed by atoms with Crippen molar-refractivity contribution in [3.8, 4) is 11.1 Å². The van der Waals surface area contributed by atoms with Gasteiger partial charge in [0.15, 0.2) is 5.58 Å². The molecular weight excluding hydrogens is 591 g/mol. The number of fused-ring (bicyclic) bond motifs is 9. The first kappa shape index (κ1) is 26.3. The minimum Gasteiger partial charge on any atom is -0.454 e. The van der Waals surface area contributed by atoms with Crippen LogP contribution in [0, 0.1) is 0 Å². The molecule has 0 atom stereocenters. The van der Waals surface area contributed by atoms with Crippen molar-refractivity contribution in [2.45, 2.75) is 0 Å². The molecule has 0 radical (unpaired) electrons. The maximum atomic E-state index is 6.73.